The molecule has 1 unspecified atom stereocenters. The molecule has 4 aromatic rings. The van der Waals surface area contributed by atoms with Crippen LogP contribution >= 0.6 is 0 Å². The van der Waals surface area contributed by atoms with Crippen molar-refractivity contribution in [3.63, 3.8) is 0 Å². The Morgan fingerprint density at radius 2 is 1.81 bits per heavy atom. The summed E-state index contributed by atoms with van der Waals surface area (Å²) < 4.78 is 56.5. The Balaban J connectivity index is 1.46. The maximum Gasteiger partial charge on any atom is 0.437 e. The zero-order valence-electron chi connectivity index (χ0n) is 17.3. The van der Waals surface area contributed by atoms with Crippen molar-refractivity contribution in [2.75, 3.05) is 13.2 Å². The molecule has 0 saturated heterocycles. The number of hydrogen-bond donors (Lipinski definition) is 1. The number of aryl methyl sites for hydroxylation is 1. The summed E-state index contributed by atoms with van der Waals surface area (Å²) in [5.41, 5.74) is 0.735. The molecule has 0 aliphatic heterocycles. The number of aromatic amines is 1. The van der Waals surface area contributed by atoms with Crippen LogP contribution in [0.4, 0.5) is 13.2 Å². The van der Waals surface area contributed by atoms with Gasteiger partial charge >= 0.3 is 6.18 Å². The van der Waals surface area contributed by atoms with Crippen LogP contribution in [0.2, 0.25) is 0 Å². The molecule has 1 atom stereocenters. The normalized spacial score (nSPS) is 13.1. The number of nitrogens with one attached hydrogen (secondary N) is 1. The predicted molar refractivity (Wildman–Crippen MR) is 111 cm³/mol. The second kappa shape index (κ2) is 8.53. The molecule has 0 saturated carbocycles. The maximum atomic E-state index is 13.2. The van der Waals surface area contributed by atoms with Crippen LogP contribution in [0.1, 0.15) is 31.5 Å². The number of H-pyrrole nitrogens is 1. The average molecular weight is 432 g/mol. The number of nitrogens with zero attached hydrogens (tertiary/aromatic N) is 1. The number of alkyl halides is 3. The molecule has 0 aliphatic carbocycles. The maximum absolute atomic E-state index is 13.2. The van der Waals surface area contributed by atoms with E-state index in [0.717, 1.165) is 23.1 Å². The van der Waals surface area contributed by atoms with Crippen LogP contribution < -0.4 is 9.47 Å². The molecule has 2 heterocycles. The van der Waals surface area contributed by atoms with Gasteiger partial charge in [0.15, 0.2) is 11.3 Å². The van der Waals surface area contributed by atoms with E-state index in [1.807, 2.05) is 44.3 Å². The highest BCUT2D eigenvalue weighted by molar-refractivity contribution is 5.86. The summed E-state index contributed by atoms with van der Waals surface area (Å²) in [4.78, 5) is 3.15. The van der Waals surface area contributed by atoms with Crippen LogP contribution in [-0.4, -0.2) is 23.4 Å². The fraction of sp³-hybridized carbons (Fsp3) is 0.348. The molecule has 0 bridgehead atoms. The fourth-order valence-corrected chi connectivity index (χ4v) is 3.56. The van der Waals surface area contributed by atoms with Crippen molar-refractivity contribution in [3.8, 4) is 11.5 Å². The van der Waals surface area contributed by atoms with Crippen molar-refractivity contribution in [2.24, 2.45) is 5.92 Å². The van der Waals surface area contributed by atoms with Crippen LogP contribution in [0.5, 0.6) is 11.5 Å². The predicted octanol–water partition coefficient (Wildman–Crippen LogP) is 6.37. The molecule has 0 radical (unpaired) electrons. The Labute approximate surface area is 177 Å². The zero-order valence-corrected chi connectivity index (χ0v) is 17.3. The monoisotopic (exact) mass is 432 g/mol. The van der Waals surface area contributed by atoms with E-state index in [-0.39, 0.29) is 16.9 Å². The molecule has 0 spiro atoms. The number of rotatable bonds is 8. The first-order valence-electron chi connectivity index (χ1n) is 10.2. The summed E-state index contributed by atoms with van der Waals surface area (Å²) in [7, 11) is 0. The average Bonchev–Trinajstić information content (AvgIpc) is 3.38. The van der Waals surface area contributed by atoms with Gasteiger partial charge in [-0.15, -0.1) is 0 Å². The molecule has 1 N–H and O–H groups in total. The SMILES string of the molecule is CCCc1c(OCC(C)COc2cccc3[nH]ccc23)ccc2c(C(F)(F)F)noc12. The van der Waals surface area contributed by atoms with Crippen molar-refractivity contribution >= 4 is 21.9 Å². The van der Waals surface area contributed by atoms with E-state index in [0.29, 0.717) is 30.9 Å². The van der Waals surface area contributed by atoms with E-state index < -0.39 is 11.9 Å². The van der Waals surface area contributed by atoms with Gasteiger partial charge in [0.2, 0.25) is 0 Å². The third kappa shape index (κ3) is 4.33. The molecular weight excluding hydrogens is 409 g/mol. The second-order valence-corrected chi connectivity index (χ2v) is 7.62. The summed E-state index contributed by atoms with van der Waals surface area (Å²) in [6.45, 7) is 4.73. The quantitative estimate of drug-likeness (QED) is 0.351. The Hall–Kier alpha value is -3.16. The van der Waals surface area contributed by atoms with Gasteiger partial charge in [-0.1, -0.05) is 31.5 Å². The minimum Gasteiger partial charge on any atom is -0.493 e. The molecular formula is C23H23F3N2O3. The minimum atomic E-state index is -4.56. The van der Waals surface area contributed by atoms with E-state index in [1.54, 1.807) is 6.07 Å². The number of halogens is 3. The van der Waals surface area contributed by atoms with Gasteiger partial charge in [0.25, 0.3) is 0 Å². The first-order chi connectivity index (χ1) is 14.9. The number of ether oxygens (including phenoxy) is 2. The highest BCUT2D eigenvalue weighted by Gasteiger charge is 2.37. The van der Waals surface area contributed by atoms with Gasteiger partial charge in [0, 0.05) is 28.6 Å². The van der Waals surface area contributed by atoms with E-state index in [9.17, 15) is 13.2 Å². The summed E-state index contributed by atoms with van der Waals surface area (Å²) in [5, 5.41) is 4.22. The summed E-state index contributed by atoms with van der Waals surface area (Å²) in [6.07, 6.45) is -1.44. The highest BCUT2D eigenvalue weighted by atomic mass is 19.4. The van der Waals surface area contributed by atoms with Crippen LogP contribution in [0.3, 0.4) is 0 Å². The van der Waals surface area contributed by atoms with Gasteiger partial charge < -0.3 is 19.0 Å². The molecule has 2 aromatic heterocycles. The van der Waals surface area contributed by atoms with Crippen molar-refractivity contribution in [2.45, 2.75) is 32.9 Å². The Bertz CT molecular complexity index is 1180. The topological polar surface area (TPSA) is 60.3 Å². The van der Waals surface area contributed by atoms with Crippen molar-refractivity contribution < 1.29 is 27.2 Å². The molecule has 4 rings (SSSR count). The second-order valence-electron chi connectivity index (χ2n) is 7.62. The van der Waals surface area contributed by atoms with Gasteiger partial charge in [-0.05, 0) is 36.8 Å². The van der Waals surface area contributed by atoms with E-state index in [1.165, 1.54) is 6.07 Å². The molecule has 31 heavy (non-hydrogen) atoms. The van der Waals surface area contributed by atoms with Gasteiger partial charge in [0.1, 0.15) is 11.5 Å². The molecule has 164 valence electrons. The summed E-state index contributed by atoms with van der Waals surface area (Å²) in [6, 6.07) is 10.7. The van der Waals surface area contributed by atoms with Gasteiger partial charge in [0.05, 0.1) is 18.6 Å². The van der Waals surface area contributed by atoms with Crippen LogP contribution in [0.15, 0.2) is 47.1 Å². The van der Waals surface area contributed by atoms with Gasteiger partial charge in [-0.25, -0.2) is 0 Å². The Morgan fingerprint density at radius 1 is 1.03 bits per heavy atom. The zero-order chi connectivity index (χ0) is 22.0. The third-order valence-corrected chi connectivity index (χ3v) is 5.07. The largest absolute Gasteiger partial charge is 0.493 e. The van der Waals surface area contributed by atoms with Crippen molar-refractivity contribution in [1.82, 2.24) is 10.1 Å². The van der Waals surface area contributed by atoms with E-state index in [4.69, 9.17) is 14.0 Å². The molecule has 0 amide bonds. The first kappa shape index (κ1) is 21.1. The smallest absolute Gasteiger partial charge is 0.437 e. The number of aromatic nitrogens is 2. The fourth-order valence-electron chi connectivity index (χ4n) is 3.56. The van der Waals surface area contributed by atoms with Crippen molar-refractivity contribution in [1.29, 1.82) is 0 Å². The molecule has 8 heteroatoms. The van der Waals surface area contributed by atoms with Crippen LogP contribution in [0.25, 0.3) is 21.9 Å². The molecule has 2 aromatic carbocycles. The Morgan fingerprint density at radius 3 is 2.55 bits per heavy atom. The lowest BCUT2D eigenvalue weighted by molar-refractivity contribution is -0.141. The lowest BCUT2D eigenvalue weighted by atomic mass is 10.0. The standard InChI is InChI=1S/C23H23F3N2O3/c1-3-5-16-20(9-8-17-21(16)31-28-22(17)23(24,25)26)30-13-14(2)12-29-19-7-4-6-18-15(19)10-11-27-18/h4,6-11,14,27H,3,5,12-13H2,1-2H3. The van der Waals surface area contributed by atoms with Crippen LogP contribution in [0, 0.1) is 5.92 Å². The molecule has 5 nitrogen and oxygen atoms in total. The number of benzene rings is 2. The lowest BCUT2D eigenvalue weighted by Crippen LogP contribution is -2.17. The van der Waals surface area contributed by atoms with E-state index in [2.05, 4.69) is 10.1 Å². The Kier molecular flexibility index (Phi) is 5.80. The van der Waals surface area contributed by atoms with E-state index >= 15 is 0 Å². The summed E-state index contributed by atoms with van der Waals surface area (Å²) in [5.74, 6) is 1.36. The number of hydrogen-bond acceptors (Lipinski definition) is 4. The molecule has 0 aliphatic rings. The van der Waals surface area contributed by atoms with Crippen molar-refractivity contribution in [3.05, 3.63) is 53.9 Å². The highest BCUT2D eigenvalue weighted by Crippen LogP contribution is 2.38. The van der Waals surface area contributed by atoms with Crippen LogP contribution in [-0.2, 0) is 12.6 Å². The lowest BCUT2D eigenvalue weighted by Gasteiger charge is -2.17. The first-order valence-corrected chi connectivity index (χ1v) is 10.2. The minimum absolute atomic E-state index is 0.0423. The molecule has 0 fully saturated rings. The van der Waals surface area contributed by atoms with Gasteiger partial charge in [-0.3, -0.25) is 0 Å². The third-order valence-electron chi connectivity index (χ3n) is 5.07. The van der Waals surface area contributed by atoms with Gasteiger partial charge in [-0.2, -0.15) is 13.2 Å². The number of fused-ring (bicyclic) bond motifs is 2. The summed E-state index contributed by atoms with van der Waals surface area (Å²) >= 11 is 0.